The number of likely N-dealkylation sites (N-methyl/N-ethyl adjacent to an activating group) is 1. The Balaban J connectivity index is 1.41. The van der Waals surface area contributed by atoms with Gasteiger partial charge in [-0.2, -0.15) is 4.98 Å². The number of hydrogen-bond acceptors (Lipinski definition) is 5. The van der Waals surface area contributed by atoms with Gasteiger partial charge in [0.25, 0.3) is 5.91 Å². The summed E-state index contributed by atoms with van der Waals surface area (Å²) >= 11 is 6.19. The minimum atomic E-state index is -0.616. The van der Waals surface area contributed by atoms with Crippen LogP contribution in [0.5, 0.6) is 5.75 Å². The average Bonchev–Trinajstić information content (AvgIpc) is 3.22. The first-order valence-electron chi connectivity index (χ1n) is 10.1. The summed E-state index contributed by atoms with van der Waals surface area (Å²) in [5.74, 6) is 1.39. The van der Waals surface area contributed by atoms with E-state index in [0.717, 1.165) is 25.0 Å². The fourth-order valence-electron chi connectivity index (χ4n) is 3.76. The molecular weight excluding hydrogens is 402 g/mol. The molecule has 4 rings (SSSR count). The number of fused-ring (bicyclic) bond motifs is 1. The summed E-state index contributed by atoms with van der Waals surface area (Å²) in [6.45, 7) is 1.96. The highest BCUT2D eigenvalue weighted by Gasteiger charge is 2.23. The quantitative estimate of drug-likeness (QED) is 0.572. The maximum absolute atomic E-state index is 12.8. The number of nitrogens with zero attached hydrogens (tertiary/aromatic N) is 3. The Labute approximate surface area is 180 Å². The molecule has 0 bridgehead atoms. The van der Waals surface area contributed by atoms with Crippen LogP contribution in [-0.2, 0) is 24.2 Å². The molecule has 0 saturated heterocycles. The molecule has 1 aliphatic carbocycles. The molecule has 1 aromatic heterocycles. The topological polar surface area (TPSA) is 68.5 Å². The van der Waals surface area contributed by atoms with Crippen molar-refractivity contribution in [3.8, 4) is 17.1 Å². The summed E-state index contributed by atoms with van der Waals surface area (Å²) in [6, 6.07) is 13.4. The van der Waals surface area contributed by atoms with Gasteiger partial charge in [-0.1, -0.05) is 41.0 Å². The lowest BCUT2D eigenvalue weighted by Gasteiger charge is -2.24. The van der Waals surface area contributed by atoms with Crippen molar-refractivity contribution >= 4 is 17.5 Å². The van der Waals surface area contributed by atoms with Crippen LogP contribution in [0.4, 0.5) is 0 Å². The number of rotatable bonds is 6. The maximum atomic E-state index is 12.8. The number of benzene rings is 2. The molecule has 3 aromatic rings. The lowest BCUT2D eigenvalue weighted by molar-refractivity contribution is -0.137. The van der Waals surface area contributed by atoms with Crippen LogP contribution in [0.1, 0.15) is 36.8 Å². The van der Waals surface area contributed by atoms with Gasteiger partial charge in [0.2, 0.25) is 11.7 Å². The number of amides is 1. The minimum Gasteiger partial charge on any atom is -0.481 e. The van der Waals surface area contributed by atoms with Crippen molar-refractivity contribution < 1.29 is 14.1 Å². The van der Waals surface area contributed by atoms with Gasteiger partial charge < -0.3 is 14.2 Å². The van der Waals surface area contributed by atoms with E-state index in [2.05, 4.69) is 16.2 Å². The van der Waals surface area contributed by atoms with E-state index in [1.54, 1.807) is 20.0 Å². The van der Waals surface area contributed by atoms with Crippen LogP contribution in [0.15, 0.2) is 47.0 Å². The third kappa shape index (κ3) is 4.33. The maximum Gasteiger partial charge on any atom is 0.263 e. The lowest BCUT2D eigenvalue weighted by Crippen LogP contribution is -2.37. The predicted octanol–water partition coefficient (Wildman–Crippen LogP) is 4.69. The molecule has 30 heavy (non-hydrogen) atoms. The number of carbonyl (C=O) groups is 1. The number of ether oxygens (including phenoxy) is 1. The van der Waals surface area contributed by atoms with E-state index in [-0.39, 0.29) is 12.5 Å². The van der Waals surface area contributed by atoms with Crippen LogP contribution in [0, 0.1) is 0 Å². The molecule has 7 heteroatoms. The van der Waals surface area contributed by atoms with Gasteiger partial charge in [0, 0.05) is 12.6 Å². The average molecular weight is 426 g/mol. The number of hydrogen-bond donors (Lipinski definition) is 0. The lowest BCUT2D eigenvalue weighted by atomic mass is 9.91. The fraction of sp³-hybridized carbons (Fsp3) is 0.348. The zero-order valence-electron chi connectivity index (χ0n) is 17.1. The summed E-state index contributed by atoms with van der Waals surface area (Å²) < 4.78 is 11.4. The largest absolute Gasteiger partial charge is 0.481 e. The molecule has 0 aliphatic heterocycles. The van der Waals surface area contributed by atoms with Crippen LogP contribution in [-0.4, -0.2) is 34.1 Å². The molecule has 0 saturated carbocycles. The third-order valence-electron chi connectivity index (χ3n) is 5.34. The van der Waals surface area contributed by atoms with Gasteiger partial charge in [-0.15, -0.1) is 0 Å². The van der Waals surface area contributed by atoms with Crippen LogP contribution < -0.4 is 4.74 Å². The van der Waals surface area contributed by atoms with Crippen molar-refractivity contribution in [3.63, 3.8) is 0 Å². The van der Waals surface area contributed by atoms with Crippen molar-refractivity contribution in [3.05, 3.63) is 64.5 Å². The first-order valence-corrected chi connectivity index (χ1v) is 10.5. The minimum absolute atomic E-state index is 0.152. The smallest absolute Gasteiger partial charge is 0.263 e. The summed E-state index contributed by atoms with van der Waals surface area (Å²) in [4.78, 5) is 18.7. The van der Waals surface area contributed by atoms with Crippen molar-refractivity contribution in [2.75, 3.05) is 7.05 Å². The SMILES string of the molecule is CC(Oc1cccc2c1CCCC2)C(=O)N(C)Cc1nc(-c2ccccc2Cl)no1. The molecule has 1 atom stereocenters. The molecule has 156 valence electrons. The van der Waals surface area contributed by atoms with E-state index in [1.165, 1.54) is 22.4 Å². The Morgan fingerprint density at radius 2 is 2.00 bits per heavy atom. The number of carbonyl (C=O) groups excluding carboxylic acids is 1. The van der Waals surface area contributed by atoms with E-state index in [1.807, 2.05) is 30.3 Å². The third-order valence-corrected chi connectivity index (χ3v) is 5.67. The summed E-state index contributed by atoms with van der Waals surface area (Å²) in [5, 5.41) is 4.52. The Bertz CT molecular complexity index is 1050. The van der Waals surface area contributed by atoms with E-state index in [0.29, 0.717) is 22.3 Å². The molecular formula is C23H24ClN3O3. The van der Waals surface area contributed by atoms with Crippen molar-refractivity contribution in [1.29, 1.82) is 0 Å². The van der Waals surface area contributed by atoms with Crippen LogP contribution in [0.2, 0.25) is 5.02 Å². The van der Waals surface area contributed by atoms with Crippen molar-refractivity contribution in [1.82, 2.24) is 15.0 Å². The number of aryl methyl sites for hydroxylation is 1. The van der Waals surface area contributed by atoms with Crippen molar-refractivity contribution in [2.24, 2.45) is 0 Å². The predicted molar refractivity (Wildman–Crippen MR) is 114 cm³/mol. The molecule has 6 nitrogen and oxygen atoms in total. The van der Waals surface area contributed by atoms with Crippen molar-refractivity contribution in [2.45, 2.75) is 45.3 Å². The molecule has 0 radical (unpaired) electrons. The summed E-state index contributed by atoms with van der Waals surface area (Å²) in [7, 11) is 1.70. The standard InChI is InChI=1S/C23H24ClN3O3/c1-15(29-20-13-7-9-16-8-3-4-10-17(16)20)23(28)27(2)14-21-25-22(26-30-21)18-11-5-6-12-19(18)24/h5-7,9,11-13,15H,3-4,8,10,14H2,1-2H3. The highest BCUT2D eigenvalue weighted by molar-refractivity contribution is 6.33. The van der Waals surface area contributed by atoms with Gasteiger partial charge in [-0.05, 0) is 61.9 Å². The van der Waals surface area contributed by atoms with Crippen LogP contribution in [0.3, 0.4) is 0 Å². The molecule has 1 amide bonds. The second-order valence-corrected chi connectivity index (χ2v) is 7.95. The molecule has 0 spiro atoms. The van der Waals surface area contributed by atoms with Gasteiger partial charge in [-0.25, -0.2) is 0 Å². The van der Waals surface area contributed by atoms with E-state index >= 15 is 0 Å². The molecule has 0 fully saturated rings. The summed E-state index contributed by atoms with van der Waals surface area (Å²) in [6.07, 6.45) is 3.80. The van der Waals surface area contributed by atoms with E-state index in [4.69, 9.17) is 20.9 Å². The molecule has 1 heterocycles. The Morgan fingerprint density at radius 3 is 2.83 bits per heavy atom. The Kier molecular flexibility index (Phi) is 6.04. The zero-order chi connectivity index (χ0) is 21.1. The van der Waals surface area contributed by atoms with Crippen LogP contribution in [0.25, 0.3) is 11.4 Å². The molecule has 1 unspecified atom stereocenters. The van der Waals surface area contributed by atoms with Gasteiger partial charge in [0.15, 0.2) is 6.10 Å². The summed E-state index contributed by atoms with van der Waals surface area (Å²) in [5.41, 5.74) is 3.24. The first-order chi connectivity index (χ1) is 14.5. The highest BCUT2D eigenvalue weighted by Crippen LogP contribution is 2.30. The molecule has 1 aliphatic rings. The fourth-order valence-corrected chi connectivity index (χ4v) is 3.98. The van der Waals surface area contributed by atoms with Gasteiger partial charge >= 0.3 is 0 Å². The first kappa shape index (κ1) is 20.4. The number of aromatic nitrogens is 2. The van der Waals surface area contributed by atoms with Crippen LogP contribution >= 0.6 is 11.6 Å². The number of halogens is 1. The van der Waals surface area contributed by atoms with Gasteiger partial charge in [0.05, 0.1) is 11.6 Å². The van der Waals surface area contributed by atoms with Gasteiger partial charge in [-0.3, -0.25) is 4.79 Å². The van der Waals surface area contributed by atoms with E-state index in [9.17, 15) is 4.79 Å². The zero-order valence-corrected chi connectivity index (χ0v) is 17.9. The Morgan fingerprint density at radius 1 is 1.20 bits per heavy atom. The van der Waals surface area contributed by atoms with Gasteiger partial charge in [0.1, 0.15) is 5.75 Å². The highest BCUT2D eigenvalue weighted by atomic mass is 35.5. The molecule has 2 aromatic carbocycles. The Hall–Kier alpha value is -2.86. The van der Waals surface area contributed by atoms with E-state index < -0.39 is 6.10 Å². The molecule has 0 N–H and O–H groups in total. The monoisotopic (exact) mass is 425 g/mol. The second-order valence-electron chi connectivity index (χ2n) is 7.55. The second kappa shape index (κ2) is 8.88. The normalized spacial score (nSPS) is 14.1.